The summed E-state index contributed by atoms with van der Waals surface area (Å²) in [5.41, 5.74) is 0. The Morgan fingerprint density at radius 2 is 1.89 bits per heavy atom. The van der Waals surface area contributed by atoms with Crippen molar-refractivity contribution in [3.8, 4) is 0 Å². The molecular weight excluding hydrogens is 297 g/mol. The second-order valence-electron chi connectivity index (χ2n) is 3.26. The number of aromatic nitrogens is 2. The van der Waals surface area contributed by atoms with Gasteiger partial charge in [0.1, 0.15) is 15.9 Å². The number of halogens is 2. The Kier molecular flexibility index (Phi) is 3.70. The summed E-state index contributed by atoms with van der Waals surface area (Å²) in [6.07, 6.45) is 2.80. The van der Waals surface area contributed by atoms with Crippen molar-refractivity contribution in [2.24, 2.45) is 0 Å². The summed E-state index contributed by atoms with van der Waals surface area (Å²) in [5, 5.41) is 0.270. The summed E-state index contributed by atoms with van der Waals surface area (Å²) in [5.74, 6) is 0.113. The lowest BCUT2D eigenvalue weighted by atomic mass is 10.5. The molecule has 2 aromatic rings. The molecule has 2 rings (SSSR count). The lowest BCUT2D eigenvalue weighted by Crippen LogP contribution is -2.14. The largest absolute Gasteiger partial charge is 0.266 e. The van der Waals surface area contributed by atoms with Gasteiger partial charge in [0.25, 0.3) is 10.0 Å². The van der Waals surface area contributed by atoms with Crippen LogP contribution in [0, 0.1) is 0 Å². The van der Waals surface area contributed by atoms with E-state index in [1.807, 2.05) is 0 Å². The Balaban J connectivity index is 2.37. The van der Waals surface area contributed by atoms with E-state index in [-0.39, 0.29) is 15.9 Å². The molecule has 0 amide bonds. The summed E-state index contributed by atoms with van der Waals surface area (Å²) >= 11 is 11.5. The van der Waals surface area contributed by atoms with Crippen LogP contribution in [-0.4, -0.2) is 18.4 Å². The van der Waals surface area contributed by atoms with Crippen LogP contribution in [0.4, 0.5) is 5.82 Å². The first kappa shape index (κ1) is 13.1. The highest BCUT2D eigenvalue weighted by Gasteiger charge is 2.18. The molecule has 2 aromatic heterocycles. The van der Waals surface area contributed by atoms with Crippen LogP contribution in [0.1, 0.15) is 0 Å². The summed E-state index contributed by atoms with van der Waals surface area (Å²) < 4.78 is 26.3. The molecule has 0 aliphatic rings. The fourth-order valence-corrected chi connectivity index (χ4v) is 2.84. The van der Waals surface area contributed by atoms with E-state index in [0.29, 0.717) is 5.02 Å². The fraction of sp³-hybridized carbons (Fsp3) is 0. The maximum absolute atomic E-state index is 12.0. The molecule has 0 saturated heterocycles. The molecule has 0 unspecified atom stereocenters. The normalized spacial score (nSPS) is 11.2. The molecule has 0 bridgehead atoms. The third kappa shape index (κ3) is 2.90. The number of anilines is 1. The second-order valence-corrected chi connectivity index (χ2v) is 5.70. The summed E-state index contributed by atoms with van der Waals surface area (Å²) in [6.45, 7) is 0. The van der Waals surface area contributed by atoms with E-state index in [9.17, 15) is 8.42 Å². The molecule has 2 heterocycles. The molecule has 18 heavy (non-hydrogen) atoms. The minimum Gasteiger partial charge on any atom is -0.263 e. The van der Waals surface area contributed by atoms with Gasteiger partial charge in [0.2, 0.25) is 0 Å². The van der Waals surface area contributed by atoms with Crippen molar-refractivity contribution in [1.82, 2.24) is 9.97 Å². The SMILES string of the molecule is O=S(=O)(Nc1cc(Cl)ccn1)c1cccnc1Cl. The Morgan fingerprint density at radius 1 is 1.11 bits per heavy atom. The van der Waals surface area contributed by atoms with E-state index < -0.39 is 10.0 Å². The number of hydrogen-bond acceptors (Lipinski definition) is 4. The highest BCUT2D eigenvalue weighted by Crippen LogP contribution is 2.21. The summed E-state index contributed by atoms with van der Waals surface area (Å²) in [6, 6.07) is 5.76. The van der Waals surface area contributed by atoms with Crippen LogP contribution >= 0.6 is 23.2 Å². The van der Waals surface area contributed by atoms with E-state index in [4.69, 9.17) is 23.2 Å². The van der Waals surface area contributed by atoms with E-state index in [0.717, 1.165) is 0 Å². The third-order valence-corrected chi connectivity index (χ3v) is 4.01. The van der Waals surface area contributed by atoms with Gasteiger partial charge in [0.05, 0.1) is 0 Å². The first-order valence-corrected chi connectivity index (χ1v) is 6.98. The average molecular weight is 304 g/mol. The van der Waals surface area contributed by atoms with Crippen LogP contribution in [0.25, 0.3) is 0 Å². The Morgan fingerprint density at radius 3 is 2.56 bits per heavy atom. The highest BCUT2D eigenvalue weighted by atomic mass is 35.5. The predicted octanol–water partition coefficient (Wildman–Crippen LogP) is 2.58. The van der Waals surface area contributed by atoms with Crippen LogP contribution in [-0.2, 0) is 10.0 Å². The Labute approximate surface area is 114 Å². The van der Waals surface area contributed by atoms with Crippen molar-refractivity contribution in [2.75, 3.05) is 4.72 Å². The second kappa shape index (κ2) is 5.09. The number of nitrogens with one attached hydrogen (secondary N) is 1. The fourth-order valence-electron chi connectivity index (χ4n) is 1.22. The number of pyridine rings is 2. The topological polar surface area (TPSA) is 72.0 Å². The van der Waals surface area contributed by atoms with Crippen LogP contribution in [0.15, 0.2) is 41.6 Å². The van der Waals surface area contributed by atoms with Gasteiger partial charge in [-0.05, 0) is 18.2 Å². The smallest absolute Gasteiger partial charge is 0.263 e. The van der Waals surface area contributed by atoms with Crippen molar-refractivity contribution in [1.29, 1.82) is 0 Å². The van der Waals surface area contributed by atoms with Crippen molar-refractivity contribution in [3.05, 3.63) is 46.8 Å². The van der Waals surface area contributed by atoms with Crippen LogP contribution in [0.3, 0.4) is 0 Å². The van der Waals surface area contributed by atoms with E-state index in [1.54, 1.807) is 0 Å². The van der Waals surface area contributed by atoms with E-state index in [1.165, 1.54) is 36.7 Å². The molecule has 0 saturated carbocycles. The van der Waals surface area contributed by atoms with Gasteiger partial charge in [0, 0.05) is 23.5 Å². The predicted molar refractivity (Wildman–Crippen MR) is 69.3 cm³/mol. The van der Waals surface area contributed by atoms with E-state index >= 15 is 0 Å². The molecule has 1 N–H and O–H groups in total. The van der Waals surface area contributed by atoms with Gasteiger partial charge >= 0.3 is 0 Å². The standard InChI is InChI=1S/C10H7Cl2N3O2S/c11-7-3-5-13-9(6-7)15-18(16,17)8-2-1-4-14-10(8)12/h1-6H,(H,13,15). The lowest BCUT2D eigenvalue weighted by molar-refractivity contribution is 0.600. The number of sulfonamides is 1. The van der Waals surface area contributed by atoms with Crippen LogP contribution in [0.5, 0.6) is 0 Å². The van der Waals surface area contributed by atoms with Gasteiger partial charge in [0.15, 0.2) is 0 Å². The highest BCUT2D eigenvalue weighted by molar-refractivity contribution is 7.92. The van der Waals surface area contributed by atoms with Crippen molar-refractivity contribution in [2.45, 2.75) is 4.90 Å². The van der Waals surface area contributed by atoms with Crippen molar-refractivity contribution in [3.63, 3.8) is 0 Å². The molecule has 0 atom stereocenters. The van der Waals surface area contributed by atoms with Gasteiger partial charge in [-0.1, -0.05) is 23.2 Å². The van der Waals surface area contributed by atoms with Crippen LogP contribution < -0.4 is 4.72 Å². The summed E-state index contributed by atoms with van der Waals surface area (Å²) in [7, 11) is -3.83. The van der Waals surface area contributed by atoms with E-state index in [2.05, 4.69) is 14.7 Å². The molecule has 0 radical (unpaired) electrons. The molecule has 0 aromatic carbocycles. The summed E-state index contributed by atoms with van der Waals surface area (Å²) in [4.78, 5) is 7.43. The minimum absolute atomic E-state index is 0.105. The first-order valence-electron chi connectivity index (χ1n) is 4.74. The van der Waals surface area contributed by atoms with Crippen LogP contribution in [0.2, 0.25) is 10.2 Å². The zero-order chi connectivity index (χ0) is 13.2. The lowest BCUT2D eigenvalue weighted by Gasteiger charge is -2.07. The average Bonchev–Trinajstić information content (AvgIpc) is 2.28. The van der Waals surface area contributed by atoms with Gasteiger partial charge in [-0.3, -0.25) is 4.72 Å². The molecular formula is C10H7Cl2N3O2S. The quantitative estimate of drug-likeness (QED) is 0.885. The van der Waals surface area contributed by atoms with Crippen molar-refractivity contribution < 1.29 is 8.42 Å². The maximum atomic E-state index is 12.0. The zero-order valence-electron chi connectivity index (χ0n) is 8.84. The molecule has 0 aliphatic carbocycles. The van der Waals surface area contributed by atoms with Gasteiger partial charge in [-0.25, -0.2) is 18.4 Å². The number of nitrogens with zero attached hydrogens (tertiary/aromatic N) is 2. The molecule has 5 nitrogen and oxygen atoms in total. The maximum Gasteiger partial charge on any atom is 0.266 e. The first-order chi connectivity index (χ1) is 8.49. The molecule has 94 valence electrons. The van der Waals surface area contributed by atoms with Crippen molar-refractivity contribution >= 4 is 39.0 Å². The molecule has 0 spiro atoms. The number of hydrogen-bond donors (Lipinski definition) is 1. The Hall–Kier alpha value is -1.37. The van der Waals surface area contributed by atoms with Gasteiger partial charge in [-0.2, -0.15) is 0 Å². The monoisotopic (exact) mass is 303 g/mol. The molecule has 8 heteroatoms. The number of rotatable bonds is 3. The minimum atomic E-state index is -3.83. The molecule has 0 fully saturated rings. The zero-order valence-corrected chi connectivity index (χ0v) is 11.2. The molecule has 0 aliphatic heterocycles. The third-order valence-electron chi connectivity index (χ3n) is 1.98. The van der Waals surface area contributed by atoms with Gasteiger partial charge < -0.3 is 0 Å². The Bertz CT molecular complexity index is 676. The van der Waals surface area contributed by atoms with Gasteiger partial charge in [-0.15, -0.1) is 0 Å².